The maximum atomic E-state index is 7.00. The topological polar surface area (TPSA) is 20.2 Å². The fourth-order valence-corrected chi connectivity index (χ4v) is 0. The molecular formula is C4H13OPt-3. The fourth-order valence-electron chi connectivity index (χ4n) is 0. The summed E-state index contributed by atoms with van der Waals surface area (Å²) in [5.74, 6) is 0. The number of aliphatic hydroxyl groups excluding tert-OH is 1. The van der Waals surface area contributed by atoms with Crippen LogP contribution in [0.4, 0.5) is 0 Å². The van der Waals surface area contributed by atoms with Gasteiger partial charge in [0.1, 0.15) is 0 Å². The Hall–Kier alpha value is 0.648. The third kappa shape index (κ3) is 147. The normalized spacial score (nSPS) is 1.00. The summed E-state index contributed by atoms with van der Waals surface area (Å²) in [7, 11) is 1.00. The molecule has 0 spiro atoms. The van der Waals surface area contributed by atoms with Gasteiger partial charge in [0.25, 0.3) is 0 Å². The molecule has 6 heavy (non-hydrogen) atoms. The Morgan fingerprint density at radius 3 is 0.833 bits per heavy atom. The summed E-state index contributed by atoms with van der Waals surface area (Å²) < 4.78 is 0. The van der Waals surface area contributed by atoms with Crippen molar-refractivity contribution in [3.05, 3.63) is 22.3 Å². The van der Waals surface area contributed by atoms with Gasteiger partial charge in [-0.1, -0.05) is 0 Å². The van der Waals surface area contributed by atoms with Crippen molar-refractivity contribution in [2.45, 2.75) is 0 Å². The van der Waals surface area contributed by atoms with E-state index in [0.29, 0.717) is 0 Å². The van der Waals surface area contributed by atoms with Gasteiger partial charge in [-0.2, -0.15) is 0 Å². The first-order valence-electron chi connectivity index (χ1n) is 0.447. The van der Waals surface area contributed by atoms with Crippen LogP contribution < -0.4 is 0 Å². The predicted molar refractivity (Wildman–Crippen MR) is 27.4 cm³/mol. The van der Waals surface area contributed by atoms with Crippen molar-refractivity contribution in [2.75, 3.05) is 7.11 Å². The number of hydrogen-bond donors (Lipinski definition) is 1. The molecule has 2 heteroatoms. The molecule has 0 saturated carbocycles. The molecular weight excluding hydrogens is 259 g/mol. The van der Waals surface area contributed by atoms with Gasteiger partial charge < -0.3 is 27.4 Å². The van der Waals surface area contributed by atoms with E-state index in [2.05, 4.69) is 0 Å². The summed E-state index contributed by atoms with van der Waals surface area (Å²) in [5.41, 5.74) is 0. The second-order valence-electron chi connectivity index (χ2n) is 0. The molecule has 1 nitrogen and oxygen atoms in total. The molecule has 0 unspecified atom stereocenters. The van der Waals surface area contributed by atoms with Crippen LogP contribution >= 0.6 is 0 Å². The van der Waals surface area contributed by atoms with Crippen LogP contribution in [0.25, 0.3) is 0 Å². The molecule has 0 rings (SSSR count). The first kappa shape index (κ1) is 78.1. The zero-order chi connectivity index (χ0) is 2.00. The zero-order valence-electron chi connectivity index (χ0n) is 4.76. The summed E-state index contributed by atoms with van der Waals surface area (Å²) in [6.45, 7) is 0. The molecule has 0 amide bonds. The molecule has 48 valence electrons. The third-order valence-electron chi connectivity index (χ3n) is 0. The molecule has 0 aliphatic heterocycles. The van der Waals surface area contributed by atoms with Crippen molar-refractivity contribution in [2.24, 2.45) is 0 Å². The monoisotopic (exact) mass is 272 g/mol. The molecule has 0 bridgehead atoms. The Labute approximate surface area is 56.0 Å². The Kier molecular flexibility index (Phi) is 3780. The van der Waals surface area contributed by atoms with Crippen LogP contribution in [0.5, 0.6) is 0 Å². The molecule has 0 radical (unpaired) electrons. The van der Waals surface area contributed by atoms with Gasteiger partial charge in [0.2, 0.25) is 0 Å². The molecule has 1 N–H and O–H groups in total. The van der Waals surface area contributed by atoms with Gasteiger partial charge in [-0.25, -0.2) is 0 Å². The van der Waals surface area contributed by atoms with Gasteiger partial charge in [0.15, 0.2) is 0 Å². The van der Waals surface area contributed by atoms with Gasteiger partial charge in [-0.3, -0.25) is 0 Å². The SMILES string of the molecule is CO.[CH3-].[CH3-].[CH3-].[Pt]. The summed E-state index contributed by atoms with van der Waals surface area (Å²) in [6.07, 6.45) is 0. The van der Waals surface area contributed by atoms with E-state index in [9.17, 15) is 0 Å². The van der Waals surface area contributed by atoms with Crippen molar-refractivity contribution < 1.29 is 26.2 Å². The average Bonchev–Trinajstić information content (AvgIpc) is 1.00. The molecule has 0 heterocycles. The van der Waals surface area contributed by atoms with Gasteiger partial charge in [0, 0.05) is 28.2 Å². The minimum atomic E-state index is 0. The molecule has 0 aromatic heterocycles. The van der Waals surface area contributed by atoms with Crippen LogP contribution in [0.3, 0.4) is 0 Å². The molecule has 0 fully saturated rings. The minimum Gasteiger partial charge on any atom is -0.400 e. The van der Waals surface area contributed by atoms with Crippen LogP contribution in [0.15, 0.2) is 0 Å². The maximum Gasteiger partial charge on any atom is 0.0319 e. The molecule has 0 saturated heterocycles. The van der Waals surface area contributed by atoms with E-state index in [0.717, 1.165) is 7.11 Å². The summed E-state index contributed by atoms with van der Waals surface area (Å²) >= 11 is 0. The first-order valence-corrected chi connectivity index (χ1v) is 0.447. The number of hydrogen-bond acceptors (Lipinski definition) is 1. The van der Waals surface area contributed by atoms with Crippen LogP contribution in [0.1, 0.15) is 0 Å². The van der Waals surface area contributed by atoms with Crippen molar-refractivity contribution in [3.63, 3.8) is 0 Å². The Morgan fingerprint density at radius 1 is 0.833 bits per heavy atom. The summed E-state index contributed by atoms with van der Waals surface area (Å²) in [6, 6.07) is 0. The van der Waals surface area contributed by atoms with E-state index >= 15 is 0 Å². The molecule has 0 aromatic carbocycles. The second kappa shape index (κ2) is 290. The Bertz CT molecular complexity index is 7.51. The molecule has 0 aliphatic carbocycles. The molecule has 0 aromatic rings. The van der Waals surface area contributed by atoms with E-state index in [1.54, 1.807) is 0 Å². The molecule has 0 aliphatic rings. The van der Waals surface area contributed by atoms with Gasteiger partial charge >= 0.3 is 0 Å². The van der Waals surface area contributed by atoms with Crippen molar-refractivity contribution in [1.82, 2.24) is 0 Å². The number of rotatable bonds is 0. The summed E-state index contributed by atoms with van der Waals surface area (Å²) in [4.78, 5) is 0. The predicted octanol–water partition coefficient (Wildman–Crippen LogP) is 0.957. The van der Waals surface area contributed by atoms with Crippen LogP contribution in [0.2, 0.25) is 0 Å². The largest absolute Gasteiger partial charge is 0.400 e. The Morgan fingerprint density at radius 2 is 0.833 bits per heavy atom. The average molecular weight is 272 g/mol. The number of aliphatic hydroxyl groups is 1. The van der Waals surface area contributed by atoms with E-state index in [4.69, 9.17) is 5.11 Å². The third-order valence-corrected chi connectivity index (χ3v) is 0. The van der Waals surface area contributed by atoms with Crippen molar-refractivity contribution in [3.8, 4) is 0 Å². The first-order chi connectivity index (χ1) is 1.00. The van der Waals surface area contributed by atoms with Crippen molar-refractivity contribution >= 4 is 0 Å². The van der Waals surface area contributed by atoms with Crippen LogP contribution in [-0.4, -0.2) is 12.2 Å². The zero-order valence-corrected chi connectivity index (χ0v) is 7.04. The smallest absolute Gasteiger partial charge is 0.0319 e. The standard InChI is InChI=1S/CH4O.3CH3.Pt/c1-2;;;;/h2H,1H3;3*1H3;/q;3*-1;. The summed E-state index contributed by atoms with van der Waals surface area (Å²) in [5, 5.41) is 7.00. The van der Waals surface area contributed by atoms with Crippen LogP contribution in [-0.2, 0) is 21.1 Å². The van der Waals surface area contributed by atoms with E-state index in [1.807, 2.05) is 0 Å². The van der Waals surface area contributed by atoms with Gasteiger partial charge in [-0.05, 0) is 0 Å². The van der Waals surface area contributed by atoms with E-state index < -0.39 is 0 Å². The van der Waals surface area contributed by atoms with E-state index in [-0.39, 0.29) is 43.3 Å². The van der Waals surface area contributed by atoms with Gasteiger partial charge in [-0.15, -0.1) is 0 Å². The van der Waals surface area contributed by atoms with E-state index in [1.165, 1.54) is 0 Å². The second-order valence-corrected chi connectivity index (χ2v) is 0. The van der Waals surface area contributed by atoms with Gasteiger partial charge in [0.05, 0.1) is 0 Å². The maximum absolute atomic E-state index is 7.00. The Balaban J connectivity index is -0.000000000833. The minimum absolute atomic E-state index is 0. The van der Waals surface area contributed by atoms with Crippen LogP contribution in [0, 0.1) is 22.3 Å². The quantitative estimate of drug-likeness (QED) is 0.651. The molecule has 0 atom stereocenters. The fraction of sp³-hybridized carbons (Fsp3) is 0.250. The van der Waals surface area contributed by atoms with Crippen molar-refractivity contribution in [1.29, 1.82) is 0 Å².